The smallest absolute Gasteiger partial charge is 0.410 e. The number of amides is 1. The Bertz CT molecular complexity index is 681. The zero-order valence-corrected chi connectivity index (χ0v) is 19.6. The van der Waals surface area contributed by atoms with Gasteiger partial charge in [0.15, 0.2) is 5.96 Å². The molecule has 1 aromatic heterocycles. The second-order valence-corrected chi connectivity index (χ2v) is 9.77. The highest BCUT2D eigenvalue weighted by molar-refractivity contribution is 7.09. The van der Waals surface area contributed by atoms with Gasteiger partial charge < -0.3 is 20.3 Å². The number of nitrogens with one attached hydrogen (secondary N) is 2. The second-order valence-electron chi connectivity index (χ2n) is 8.83. The minimum Gasteiger partial charge on any atom is -0.444 e. The van der Waals surface area contributed by atoms with Crippen molar-refractivity contribution in [2.24, 2.45) is 10.9 Å². The maximum absolute atomic E-state index is 12.4. The molecule has 1 aliphatic heterocycles. The van der Waals surface area contributed by atoms with Gasteiger partial charge in [0.1, 0.15) is 10.6 Å². The van der Waals surface area contributed by atoms with Crippen LogP contribution in [0.25, 0.3) is 0 Å². The van der Waals surface area contributed by atoms with E-state index in [1.807, 2.05) is 25.7 Å². The Morgan fingerprint density at radius 2 is 2.17 bits per heavy atom. The van der Waals surface area contributed by atoms with Crippen LogP contribution in [0, 0.1) is 5.92 Å². The first-order valence-electron chi connectivity index (χ1n) is 10.6. The van der Waals surface area contributed by atoms with E-state index in [0.717, 1.165) is 49.1 Å². The zero-order valence-electron chi connectivity index (χ0n) is 18.7. The van der Waals surface area contributed by atoms with Crippen molar-refractivity contribution in [3.63, 3.8) is 0 Å². The van der Waals surface area contributed by atoms with E-state index in [1.165, 1.54) is 0 Å². The molecular formula is C21H37N5O2S. The van der Waals surface area contributed by atoms with Gasteiger partial charge in [-0.3, -0.25) is 0 Å². The number of rotatable bonds is 6. The first-order chi connectivity index (χ1) is 13.7. The standard InChI is InChI=1S/C21H37N5O2S/c1-7-22-19(24-12-18-25-17(14-29-18)15(2)3)23-11-16-9-8-10-26(13-16)20(27)28-21(4,5)6/h14-16H,7-13H2,1-6H3,(H2,22,23,24). The fourth-order valence-electron chi connectivity index (χ4n) is 3.12. The van der Waals surface area contributed by atoms with Gasteiger partial charge in [-0.15, -0.1) is 11.3 Å². The van der Waals surface area contributed by atoms with Gasteiger partial charge in [0.25, 0.3) is 0 Å². The van der Waals surface area contributed by atoms with Crippen molar-refractivity contribution in [2.45, 2.75) is 72.4 Å². The second kappa shape index (κ2) is 10.8. The normalized spacial score (nSPS) is 18.1. The number of carbonyl (C=O) groups is 1. The number of carbonyl (C=O) groups excluding carboxylic acids is 1. The Labute approximate surface area is 179 Å². The quantitative estimate of drug-likeness (QED) is 0.535. The fraction of sp³-hybridized carbons (Fsp3) is 0.762. The maximum Gasteiger partial charge on any atom is 0.410 e. The summed E-state index contributed by atoms with van der Waals surface area (Å²) in [5.41, 5.74) is 0.667. The molecule has 2 heterocycles. The molecule has 1 aromatic rings. The number of aliphatic imine (C=N–C) groups is 1. The van der Waals surface area contributed by atoms with Crippen LogP contribution in [-0.2, 0) is 11.3 Å². The minimum atomic E-state index is -0.460. The molecule has 1 aliphatic rings. The van der Waals surface area contributed by atoms with Crippen molar-refractivity contribution < 1.29 is 9.53 Å². The lowest BCUT2D eigenvalue weighted by Crippen LogP contribution is -2.47. The summed E-state index contributed by atoms with van der Waals surface area (Å²) in [6.45, 7) is 15.7. The number of ether oxygens (including phenoxy) is 1. The molecule has 1 atom stereocenters. The van der Waals surface area contributed by atoms with Crippen LogP contribution >= 0.6 is 11.3 Å². The van der Waals surface area contributed by atoms with E-state index in [-0.39, 0.29) is 6.09 Å². The molecule has 0 aliphatic carbocycles. The molecule has 8 heteroatoms. The lowest BCUT2D eigenvalue weighted by molar-refractivity contribution is 0.0168. The number of likely N-dealkylation sites (tertiary alicyclic amines) is 1. The molecule has 7 nitrogen and oxygen atoms in total. The van der Waals surface area contributed by atoms with Gasteiger partial charge in [0, 0.05) is 31.6 Å². The SMILES string of the molecule is CCNC(=NCc1nc(C(C)C)cs1)NCC1CCCN(C(=O)OC(C)(C)C)C1. The van der Waals surface area contributed by atoms with E-state index in [0.29, 0.717) is 24.9 Å². The average molecular weight is 424 g/mol. The molecule has 0 spiro atoms. The van der Waals surface area contributed by atoms with E-state index < -0.39 is 5.60 Å². The molecule has 0 bridgehead atoms. The molecule has 1 fully saturated rings. The molecule has 2 rings (SSSR count). The number of thiazole rings is 1. The number of guanidine groups is 1. The minimum absolute atomic E-state index is 0.215. The molecule has 29 heavy (non-hydrogen) atoms. The topological polar surface area (TPSA) is 78.9 Å². The van der Waals surface area contributed by atoms with E-state index in [9.17, 15) is 4.79 Å². The Kier molecular flexibility index (Phi) is 8.74. The summed E-state index contributed by atoms with van der Waals surface area (Å²) < 4.78 is 5.52. The summed E-state index contributed by atoms with van der Waals surface area (Å²) >= 11 is 1.66. The van der Waals surface area contributed by atoms with Crippen molar-refractivity contribution in [3.05, 3.63) is 16.1 Å². The maximum atomic E-state index is 12.4. The Balaban J connectivity index is 1.87. The van der Waals surface area contributed by atoms with E-state index in [2.05, 4.69) is 46.8 Å². The van der Waals surface area contributed by atoms with Gasteiger partial charge in [0.2, 0.25) is 0 Å². The molecule has 0 saturated carbocycles. The zero-order chi connectivity index (χ0) is 21.4. The number of hydrogen-bond donors (Lipinski definition) is 2. The summed E-state index contributed by atoms with van der Waals surface area (Å²) in [6.07, 6.45) is 1.87. The highest BCUT2D eigenvalue weighted by atomic mass is 32.1. The largest absolute Gasteiger partial charge is 0.444 e. The third-order valence-electron chi connectivity index (χ3n) is 4.61. The summed E-state index contributed by atoms with van der Waals surface area (Å²) in [5, 5.41) is 9.87. The Hall–Kier alpha value is -1.83. The van der Waals surface area contributed by atoms with Crippen molar-refractivity contribution >= 4 is 23.4 Å². The van der Waals surface area contributed by atoms with Crippen LogP contribution < -0.4 is 10.6 Å². The van der Waals surface area contributed by atoms with E-state index in [4.69, 9.17) is 4.74 Å². The van der Waals surface area contributed by atoms with Crippen LogP contribution in [0.3, 0.4) is 0 Å². The highest BCUT2D eigenvalue weighted by Gasteiger charge is 2.27. The van der Waals surface area contributed by atoms with Gasteiger partial charge >= 0.3 is 6.09 Å². The van der Waals surface area contributed by atoms with Gasteiger partial charge in [-0.2, -0.15) is 0 Å². The van der Waals surface area contributed by atoms with E-state index in [1.54, 1.807) is 11.3 Å². The van der Waals surface area contributed by atoms with Gasteiger partial charge in [-0.1, -0.05) is 13.8 Å². The third-order valence-corrected chi connectivity index (χ3v) is 5.46. The first kappa shape index (κ1) is 23.4. The molecule has 164 valence electrons. The van der Waals surface area contributed by atoms with Crippen molar-refractivity contribution in [2.75, 3.05) is 26.2 Å². The molecule has 2 N–H and O–H groups in total. The molecule has 1 amide bonds. The van der Waals surface area contributed by atoms with Crippen LogP contribution in [-0.4, -0.2) is 53.7 Å². The first-order valence-corrected chi connectivity index (χ1v) is 11.5. The summed E-state index contributed by atoms with van der Waals surface area (Å²) in [5.74, 6) is 1.62. The van der Waals surface area contributed by atoms with Crippen molar-refractivity contribution in [1.82, 2.24) is 20.5 Å². The number of aromatic nitrogens is 1. The summed E-state index contributed by atoms with van der Waals surface area (Å²) in [6, 6.07) is 0. The van der Waals surface area contributed by atoms with Crippen LogP contribution in [0.4, 0.5) is 4.79 Å². The third kappa shape index (κ3) is 8.20. The summed E-state index contributed by atoms with van der Waals surface area (Å²) in [7, 11) is 0. The van der Waals surface area contributed by atoms with Crippen LogP contribution in [0.1, 0.15) is 71.0 Å². The highest BCUT2D eigenvalue weighted by Crippen LogP contribution is 2.20. The van der Waals surface area contributed by atoms with Crippen LogP contribution in [0.2, 0.25) is 0 Å². The predicted molar refractivity (Wildman–Crippen MR) is 120 cm³/mol. The van der Waals surface area contributed by atoms with Crippen molar-refractivity contribution in [1.29, 1.82) is 0 Å². The number of nitrogens with zero attached hydrogens (tertiary/aromatic N) is 3. The van der Waals surface area contributed by atoms with Gasteiger partial charge in [0.05, 0.1) is 12.2 Å². The summed E-state index contributed by atoms with van der Waals surface area (Å²) in [4.78, 5) is 23.5. The Morgan fingerprint density at radius 3 is 2.79 bits per heavy atom. The molecule has 0 aromatic carbocycles. The average Bonchev–Trinajstić information content (AvgIpc) is 3.12. The van der Waals surface area contributed by atoms with Gasteiger partial charge in [-0.25, -0.2) is 14.8 Å². The molecule has 1 saturated heterocycles. The van der Waals surface area contributed by atoms with Crippen LogP contribution in [0.15, 0.2) is 10.4 Å². The molecular weight excluding hydrogens is 386 g/mol. The van der Waals surface area contributed by atoms with Gasteiger partial charge in [-0.05, 0) is 52.4 Å². The number of hydrogen-bond acceptors (Lipinski definition) is 5. The number of piperidine rings is 1. The van der Waals surface area contributed by atoms with E-state index >= 15 is 0 Å². The predicted octanol–water partition coefficient (Wildman–Crippen LogP) is 3.97. The Morgan fingerprint density at radius 1 is 1.41 bits per heavy atom. The van der Waals surface area contributed by atoms with Crippen molar-refractivity contribution in [3.8, 4) is 0 Å². The molecule has 1 unspecified atom stereocenters. The van der Waals surface area contributed by atoms with Crippen LogP contribution in [0.5, 0.6) is 0 Å². The lowest BCUT2D eigenvalue weighted by Gasteiger charge is -2.34. The monoisotopic (exact) mass is 423 g/mol. The lowest BCUT2D eigenvalue weighted by atomic mass is 9.98. The molecule has 0 radical (unpaired) electrons. The fourth-order valence-corrected chi connectivity index (χ4v) is 4.00.